The maximum atomic E-state index is 13.4. The average molecular weight is 578 g/mol. The van der Waals surface area contributed by atoms with Gasteiger partial charge in [-0.15, -0.1) is 0 Å². The van der Waals surface area contributed by atoms with Gasteiger partial charge in [-0.2, -0.15) is 0 Å². The Balaban J connectivity index is 6.42. The van der Waals surface area contributed by atoms with E-state index in [9.17, 15) is 39.0 Å². The van der Waals surface area contributed by atoms with Crippen molar-refractivity contribution in [1.82, 2.24) is 14.7 Å². The van der Waals surface area contributed by atoms with Crippen LogP contribution in [0.5, 0.6) is 0 Å². The van der Waals surface area contributed by atoms with Crippen LogP contribution in [0, 0.1) is 0 Å². The number of nitrogens with zero attached hydrogens (tertiary/aromatic N) is 4. The van der Waals surface area contributed by atoms with Gasteiger partial charge in [-0.3, -0.25) is 43.6 Å². The molecule has 0 aliphatic rings. The molecule has 0 saturated heterocycles. The zero-order chi connectivity index (χ0) is 30.8. The summed E-state index contributed by atoms with van der Waals surface area (Å²) in [5.74, 6) is -7.66. The van der Waals surface area contributed by atoms with Gasteiger partial charge in [-0.1, -0.05) is 0 Å². The number of carboxylic acids is 5. The van der Waals surface area contributed by atoms with Crippen LogP contribution in [-0.4, -0.2) is 153 Å². The maximum Gasteiger partial charge on any atom is 0.320 e. The summed E-state index contributed by atoms with van der Waals surface area (Å²) in [6.45, 7) is -3.30. The molecule has 18 nitrogen and oxygen atoms in total. The van der Waals surface area contributed by atoms with Crippen molar-refractivity contribution in [3.05, 3.63) is 0 Å². The summed E-state index contributed by atoms with van der Waals surface area (Å²) in [5.41, 5.74) is 17.2. The molecule has 18 heteroatoms. The Hall–Kier alpha value is -3.87. The van der Waals surface area contributed by atoms with Gasteiger partial charge in [0.15, 0.2) is 11.7 Å². The molecule has 0 aromatic rings. The molecule has 0 rings (SSSR count). The van der Waals surface area contributed by atoms with Gasteiger partial charge in [-0.05, 0) is 25.8 Å². The minimum atomic E-state index is -1.39. The number of carbonyl (C=O) groups excluding carboxylic acids is 1. The second kappa shape index (κ2) is 19.2. The van der Waals surface area contributed by atoms with Crippen molar-refractivity contribution in [1.29, 1.82) is 0 Å². The molecule has 0 aliphatic heterocycles. The molecule has 11 N–H and O–H groups in total. The number of hydrogen-bond acceptors (Lipinski definition) is 11. The third-order valence-corrected chi connectivity index (χ3v) is 5.47. The second-order valence-corrected chi connectivity index (χ2v) is 8.85. The minimum absolute atomic E-state index is 0.173. The fraction of sp³-hybridized carbons (Fsp3) is 0.682. The third kappa shape index (κ3) is 16.2. The second-order valence-electron chi connectivity index (χ2n) is 8.85. The molecule has 0 heterocycles. The molecular formula is C22H39N7O11. The number of aliphatic imine (C=N–C) groups is 1. The smallest absolute Gasteiger partial charge is 0.320 e. The van der Waals surface area contributed by atoms with Crippen molar-refractivity contribution in [3.8, 4) is 0 Å². The molecule has 0 aliphatic carbocycles. The number of guanidine groups is 1. The summed E-state index contributed by atoms with van der Waals surface area (Å²) in [6, 6.07) is -2.76. The highest BCUT2D eigenvalue weighted by Crippen LogP contribution is 2.11. The molecule has 0 aromatic heterocycles. The van der Waals surface area contributed by atoms with Crippen molar-refractivity contribution >= 4 is 41.6 Å². The first-order valence-electron chi connectivity index (χ1n) is 12.3. The van der Waals surface area contributed by atoms with E-state index in [1.807, 2.05) is 0 Å². The van der Waals surface area contributed by atoms with Gasteiger partial charge in [0.05, 0.1) is 26.2 Å². The Kier molecular flexibility index (Phi) is 17.4. The van der Waals surface area contributed by atoms with Crippen LogP contribution in [0.3, 0.4) is 0 Å². The van der Waals surface area contributed by atoms with E-state index in [4.69, 9.17) is 32.5 Å². The van der Waals surface area contributed by atoms with Crippen LogP contribution in [0.4, 0.5) is 0 Å². The van der Waals surface area contributed by atoms with Gasteiger partial charge >= 0.3 is 29.8 Å². The lowest BCUT2D eigenvalue weighted by Gasteiger charge is -2.36. The normalized spacial score (nSPS) is 13.2. The van der Waals surface area contributed by atoms with Crippen LogP contribution in [0.25, 0.3) is 0 Å². The molecule has 0 spiro atoms. The number of unbranched alkanes of at least 4 members (excludes halogenated alkanes) is 1. The summed E-state index contributed by atoms with van der Waals surface area (Å²) < 4.78 is 0. The van der Waals surface area contributed by atoms with Crippen LogP contribution in [0.1, 0.15) is 25.7 Å². The van der Waals surface area contributed by atoms with Crippen molar-refractivity contribution < 1.29 is 54.3 Å². The maximum absolute atomic E-state index is 13.4. The minimum Gasteiger partial charge on any atom is -0.480 e. The number of aliphatic carboxylic acids is 5. The first kappa shape index (κ1) is 36.1. The van der Waals surface area contributed by atoms with Gasteiger partial charge in [0.2, 0.25) is 0 Å². The Morgan fingerprint density at radius 3 is 1.70 bits per heavy atom. The fourth-order valence-electron chi connectivity index (χ4n) is 3.59. The highest BCUT2D eigenvalue weighted by atomic mass is 16.4. The van der Waals surface area contributed by atoms with Crippen LogP contribution in [-0.2, 0) is 28.8 Å². The van der Waals surface area contributed by atoms with Crippen LogP contribution in [0.15, 0.2) is 4.99 Å². The molecule has 1 unspecified atom stereocenters. The highest BCUT2D eigenvalue weighted by Gasteiger charge is 2.32. The number of carbonyl (C=O) groups is 6. The zero-order valence-corrected chi connectivity index (χ0v) is 22.1. The van der Waals surface area contributed by atoms with E-state index in [-0.39, 0.29) is 32.0 Å². The number of carboxylic acid groups (broad SMARTS) is 5. The van der Waals surface area contributed by atoms with E-state index in [1.165, 1.54) is 4.90 Å². The quantitative estimate of drug-likeness (QED) is 0.0330. The molecule has 228 valence electrons. The molecule has 40 heavy (non-hydrogen) atoms. The van der Waals surface area contributed by atoms with Crippen molar-refractivity contribution in [2.45, 2.75) is 37.8 Å². The summed E-state index contributed by atoms with van der Waals surface area (Å²) in [6.07, 6.45) is 0.415. The van der Waals surface area contributed by atoms with E-state index in [0.29, 0.717) is 19.4 Å². The number of nitrogens with two attached hydrogens (primary N) is 3. The lowest BCUT2D eigenvalue weighted by Crippen LogP contribution is -2.56. The van der Waals surface area contributed by atoms with Crippen molar-refractivity contribution in [2.24, 2.45) is 22.2 Å². The first-order valence-corrected chi connectivity index (χ1v) is 12.3. The van der Waals surface area contributed by atoms with Gasteiger partial charge in [-0.25, -0.2) is 0 Å². The molecule has 0 radical (unpaired) electrons. The predicted molar refractivity (Wildman–Crippen MR) is 139 cm³/mol. The van der Waals surface area contributed by atoms with E-state index in [1.54, 1.807) is 0 Å². The van der Waals surface area contributed by atoms with E-state index in [0.717, 1.165) is 9.80 Å². The summed E-state index contributed by atoms with van der Waals surface area (Å²) in [4.78, 5) is 77.1. The Morgan fingerprint density at radius 1 is 0.750 bits per heavy atom. The molecule has 0 fully saturated rings. The predicted octanol–water partition coefficient (Wildman–Crippen LogP) is -3.59. The molecule has 2 atom stereocenters. The Bertz CT molecular complexity index is 884. The summed E-state index contributed by atoms with van der Waals surface area (Å²) in [7, 11) is 0. The zero-order valence-electron chi connectivity index (χ0n) is 22.1. The molecule has 0 saturated carbocycles. The lowest BCUT2D eigenvalue weighted by molar-refractivity contribution is -0.144. The van der Waals surface area contributed by atoms with Gasteiger partial charge in [0, 0.05) is 32.6 Å². The Morgan fingerprint density at radius 2 is 1.25 bits per heavy atom. The largest absolute Gasteiger partial charge is 0.480 e. The summed E-state index contributed by atoms with van der Waals surface area (Å²) in [5, 5.41) is 45.9. The van der Waals surface area contributed by atoms with Gasteiger partial charge in [0.1, 0.15) is 12.1 Å². The van der Waals surface area contributed by atoms with E-state index >= 15 is 0 Å². The monoisotopic (exact) mass is 577 g/mol. The van der Waals surface area contributed by atoms with Crippen LogP contribution < -0.4 is 17.2 Å². The molecule has 0 bridgehead atoms. The average Bonchev–Trinajstić information content (AvgIpc) is 2.82. The van der Waals surface area contributed by atoms with E-state index < -0.39 is 86.9 Å². The first-order chi connectivity index (χ1) is 18.7. The van der Waals surface area contributed by atoms with Crippen LogP contribution in [0.2, 0.25) is 0 Å². The number of rotatable bonds is 23. The van der Waals surface area contributed by atoms with E-state index in [2.05, 4.69) is 4.99 Å². The SMILES string of the molecule is NCCCCN=C(N)N(CCN(CC(=O)O)CC(=O)O)C(CN(CC(=O)O)CC(=O)O)C(=O)CC[C@H](N)C(=O)O. The van der Waals surface area contributed by atoms with Gasteiger partial charge < -0.3 is 47.6 Å². The standard InChI is InChI=1S/C22H39N7O11/c23-5-1-2-6-26-22(25)29(8-7-27(10-17(31)32)11-18(33)34)15(16(30)4-3-14(24)21(39)40)9-28(12-19(35)36)13-20(37)38/h14-15H,1-13,23-24H2,(H2,25,26)(H,31,32)(H,33,34)(H,35,36)(H,37,38)(H,39,40)/t14-,15?/m0/s1. The molecular weight excluding hydrogens is 538 g/mol. The Labute approximate surface area is 230 Å². The topological polar surface area (TPSA) is 304 Å². The molecule has 0 amide bonds. The van der Waals surface area contributed by atoms with Crippen molar-refractivity contribution in [2.75, 3.05) is 58.9 Å². The highest BCUT2D eigenvalue weighted by molar-refractivity contribution is 5.90. The summed E-state index contributed by atoms with van der Waals surface area (Å²) >= 11 is 0. The van der Waals surface area contributed by atoms with Crippen LogP contribution >= 0.6 is 0 Å². The number of ketones is 1. The number of hydrogen-bond donors (Lipinski definition) is 8. The lowest BCUT2D eigenvalue weighted by atomic mass is 10.0. The fourth-order valence-corrected chi connectivity index (χ4v) is 3.59. The van der Waals surface area contributed by atoms with Crippen molar-refractivity contribution in [3.63, 3.8) is 0 Å². The molecule has 0 aromatic carbocycles. The third-order valence-electron chi connectivity index (χ3n) is 5.47. The van der Waals surface area contributed by atoms with Gasteiger partial charge in [0.25, 0.3) is 0 Å². The number of Topliss-reactive ketones (excluding diaryl/α,β-unsaturated/α-hetero) is 1.